The van der Waals surface area contributed by atoms with Gasteiger partial charge in [-0.3, -0.25) is 4.98 Å². The Kier molecular flexibility index (Phi) is 3.83. The van der Waals surface area contributed by atoms with Gasteiger partial charge in [0.15, 0.2) is 0 Å². The van der Waals surface area contributed by atoms with E-state index < -0.39 is 0 Å². The van der Waals surface area contributed by atoms with Gasteiger partial charge < -0.3 is 10.6 Å². The van der Waals surface area contributed by atoms with Crippen molar-refractivity contribution in [2.24, 2.45) is 5.73 Å². The molecule has 0 bridgehead atoms. The average molecular weight is 194 g/mol. The van der Waals surface area contributed by atoms with Gasteiger partial charge in [-0.2, -0.15) is 0 Å². The largest absolute Gasteiger partial charge is 0.353 e. The number of rotatable bonds is 4. The molecule has 1 heterocycles. The van der Waals surface area contributed by atoms with Crippen LogP contribution in [-0.4, -0.2) is 22.6 Å². The first-order valence-electron chi connectivity index (χ1n) is 4.96. The Labute approximate surface area is 85.2 Å². The molecule has 0 amide bonds. The molecule has 2 N–H and O–H groups in total. The topological polar surface area (TPSA) is 55.0 Å². The lowest BCUT2D eigenvalue weighted by Crippen LogP contribution is -2.31. The molecule has 0 spiro atoms. The molecule has 0 aliphatic heterocycles. The van der Waals surface area contributed by atoms with Crippen LogP contribution in [0.5, 0.6) is 0 Å². The first-order chi connectivity index (χ1) is 6.69. The highest BCUT2D eigenvalue weighted by Crippen LogP contribution is 2.12. The number of hydrogen-bond donors (Lipinski definition) is 1. The van der Waals surface area contributed by atoms with Crippen LogP contribution in [0.2, 0.25) is 0 Å². The molecule has 0 saturated heterocycles. The summed E-state index contributed by atoms with van der Waals surface area (Å²) >= 11 is 0. The van der Waals surface area contributed by atoms with Crippen molar-refractivity contribution < 1.29 is 0 Å². The van der Waals surface area contributed by atoms with Crippen molar-refractivity contribution in [1.82, 2.24) is 9.97 Å². The van der Waals surface area contributed by atoms with Crippen LogP contribution >= 0.6 is 0 Å². The number of anilines is 1. The van der Waals surface area contributed by atoms with Crippen LogP contribution in [0.15, 0.2) is 12.4 Å². The molecule has 0 atom stereocenters. The summed E-state index contributed by atoms with van der Waals surface area (Å²) in [7, 11) is 0. The lowest BCUT2D eigenvalue weighted by Gasteiger charge is -2.26. The molecule has 0 saturated carbocycles. The molecule has 0 aliphatic carbocycles. The minimum Gasteiger partial charge on any atom is -0.353 e. The van der Waals surface area contributed by atoms with E-state index in [9.17, 15) is 0 Å². The molecule has 0 unspecified atom stereocenters. The molecule has 78 valence electrons. The Balaban J connectivity index is 2.92. The summed E-state index contributed by atoms with van der Waals surface area (Å²) in [4.78, 5) is 10.7. The van der Waals surface area contributed by atoms with Gasteiger partial charge in [0.1, 0.15) is 5.82 Å². The summed E-state index contributed by atoms with van der Waals surface area (Å²) in [6.07, 6.45) is 3.49. The van der Waals surface area contributed by atoms with Crippen molar-refractivity contribution >= 4 is 5.82 Å². The Morgan fingerprint density at radius 3 is 2.64 bits per heavy atom. The molecule has 1 rings (SSSR count). The van der Waals surface area contributed by atoms with E-state index in [-0.39, 0.29) is 0 Å². The molecule has 0 aliphatic rings. The van der Waals surface area contributed by atoms with Gasteiger partial charge in [0, 0.05) is 25.3 Å². The molecule has 0 fully saturated rings. The second kappa shape index (κ2) is 4.91. The van der Waals surface area contributed by atoms with Crippen molar-refractivity contribution in [2.45, 2.75) is 33.4 Å². The summed E-state index contributed by atoms with van der Waals surface area (Å²) in [6, 6.07) is 0.433. The zero-order valence-electron chi connectivity index (χ0n) is 9.07. The van der Waals surface area contributed by atoms with E-state index >= 15 is 0 Å². The zero-order chi connectivity index (χ0) is 10.6. The smallest absolute Gasteiger partial charge is 0.147 e. The second-order valence-corrected chi connectivity index (χ2v) is 3.45. The quantitative estimate of drug-likeness (QED) is 0.781. The lowest BCUT2D eigenvalue weighted by atomic mass is 10.3. The first kappa shape index (κ1) is 10.9. The van der Waals surface area contributed by atoms with E-state index in [2.05, 4.69) is 35.6 Å². The van der Waals surface area contributed by atoms with Crippen LogP contribution in [-0.2, 0) is 6.54 Å². The monoisotopic (exact) mass is 194 g/mol. The predicted molar refractivity (Wildman–Crippen MR) is 58.1 cm³/mol. The molecule has 0 radical (unpaired) electrons. The van der Waals surface area contributed by atoms with E-state index in [4.69, 9.17) is 5.73 Å². The third-order valence-corrected chi connectivity index (χ3v) is 2.14. The minimum absolute atomic E-state index is 0.433. The zero-order valence-corrected chi connectivity index (χ0v) is 9.07. The van der Waals surface area contributed by atoms with Crippen molar-refractivity contribution in [2.75, 3.05) is 11.4 Å². The number of nitrogens with zero attached hydrogens (tertiary/aromatic N) is 3. The molecular weight excluding hydrogens is 176 g/mol. The van der Waals surface area contributed by atoms with Gasteiger partial charge in [0.2, 0.25) is 0 Å². The summed E-state index contributed by atoms with van der Waals surface area (Å²) < 4.78 is 0. The highest BCUT2D eigenvalue weighted by Gasteiger charge is 2.09. The summed E-state index contributed by atoms with van der Waals surface area (Å²) in [5, 5.41) is 0. The third kappa shape index (κ3) is 2.42. The third-order valence-electron chi connectivity index (χ3n) is 2.14. The molecule has 4 nitrogen and oxygen atoms in total. The standard InChI is InChI=1S/C10H18N4/c1-4-14(8(2)3)10-7-12-6-9(5-11)13-10/h6-8H,4-5,11H2,1-3H3. The van der Waals surface area contributed by atoms with Gasteiger partial charge in [0.05, 0.1) is 11.9 Å². The summed E-state index contributed by atoms with van der Waals surface area (Å²) in [5.41, 5.74) is 6.35. The van der Waals surface area contributed by atoms with Crippen LogP contribution in [0.4, 0.5) is 5.82 Å². The fourth-order valence-corrected chi connectivity index (χ4v) is 1.42. The molecule has 1 aromatic rings. The normalized spacial score (nSPS) is 10.6. The van der Waals surface area contributed by atoms with E-state index in [1.54, 1.807) is 12.4 Å². The van der Waals surface area contributed by atoms with Gasteiger partial charge in [-0.25, -0.2) is 4.98 Å². The van der Waals surface area contributed by atoms with E-state index in [0.29, 0.717) is 12.6 Å². The fraction of sp³-hybridized carbons (Fsp3) is 0.600. The van der Waals surface area contributed by atoms with Gasteiger partial charge in [-0.15, -0.1) is 0 Å². The van der Waals surface area contributed by atoms with Crippen LogP contribution in [0.25, 0.3) is 0 Å². The van der Waals surface area contributed by atoms with Crippen molar-refractivity contribution in [3.63, 3.8) is 0 Å². The van der Waals surface area contributed by atoms with Crippen LogP contribution in [0, 0.1) is 0 Å². The Hall–Kier alpha value is -1.16. The number of hydrogen-bond acceptors (Lipinski definition) is 4. The van der Waals surface area contributed by atoms with Crippen LogP contribution in [0.1, 0.15) is 26.5 Å². The maximum absolute atomic E-state index is 5.52. The maximum atomic E-state index is 5.52. The molecule has 4 heteroatoms. The molecule has 1 aromatic heterocycles. The second-order valence-electron chi connectivity index (χ2n) is 3.45. The van der Waals surface area contributed by atoms with Crippen LogP contribution < -0.4 is 10.6 Å². The minimum atomic E-state index is 0.433. The van der Waals surface area contributed by atoms with Gasteiger partial charge >= 0.3 is 0 Å². The lowest BCUT2D eigenvalue weighted by molar-refractivity contribution is 0.688. The van der Waals surface area contributed by atoms with Gasteiger partial charge in [0.25, 0.3) is 0 Å². The van der Waals surface area contributed by atoms with Crippen molar-refractivity contribution in [3.8, 4) is 0 Å². The van der Waals surface area contributed by atoms with Gasteiger partial charge in [-0.1, -0.05) is 0 Å². The first-order valence-corrected chi connectivity index (χ1v) is 4.96. The van der Waals surface area contributed by atoms with Crippen LogP contribution in [0.3, 0.4) is 0 Å². The van der Waals surface area contributed by atoms with E-state index in [0.717, 1.165) is 18.1 Å². The average Bonchev–Trinajstić information content (AvgIpc) is 2.19. The highest BCUT2D eigenvalue weighted by molar-refractivity contribution is 5.37. The SMILES string of the molecule is CCN(c1cncc(CN)n1)C(C)C. The van der Waals surface area contributed by atoms with Gasteiger partial charge in [-0.05, 0) is 20.8 Å². The molecule has 14 heavy (non-hydrogen) atoms. The highest BCUT2D eigenvalue weighted by atomic mass is 15.2. The summed E-state index contributed by atoms with van der Waals surface area (Å²) in [5.74, 6) is 0.908. The van der Waals surface area contributed by atoms with E-state index in [1.165, 1.54) is 0 Å². The number of nitrogens with two attached hydrogens (primary N) is 1. The van der Waals surface area contributed by atoms with Crippen molar-refractivity contribution in [3.05, 3.63) is 18.1 Å². The molecule has 0 aromatic carbocycles. The predicted octanol–water partition coefficient (Wildman–Crippen LogP) is 1.17. The Morgan fingerprint density at radius 2 is 2.14 bits per heavy atom. The molecular formula is C10H18N4. The van der Waals surface area contributed by atoms with E-state index in [1.807, 2.05) is 0 Å². The number of aromatic nitrogens is 2. The van der Waals surface area contributed by atoms with Crippen molar-refractivity contribution in [1.29, 1.82) is 0 Å². The summed E-state index contributed by atoms with van der Waals surface area (Å²) in [6.45, 7) is 7.76. The Bertz CT molecular complexity index is 285. The Morgan fingerprint density at radius 1 is 1.43 bits per heavy atom. The maximum Gasteiger partial charge on any atom is 0.147 e. The fourth-order valence-electron chi connectivity index (χ4n) is 1.42.